The lowest BCUT2D eigenvalue weighted by Gasteiger charge is -2.52. The van der Waals surface area contributed by atoms with Crippen molar-refractivity contribution < 1.29 is 9.84 Å². The number of methoxy groups -OCH3 is 1. The van der Waals surface area contributed by atoms with Crippen LogP contribution in [0.3, 0.4) is 0 Å². The molecule has 1 fully saturated rings. The second-order valence-corrected chi connectivity index (χ2v) is 6.55. The minimum Gasteiger partial charge on any atom is -0.396 e. The summed E-state index contributed by atoms with van der Waals surface area (Å²) in [7, 11) is 3.97. The molecule has 0 saturated carbocycles. The highest BCUT2D eigenvalue weighted by atomic mass is 16.5. The summed E-state index contributed by atoms with van der Waals surface area (Å²) < 4.78 is 6.14. The fourth-order valence-corrected chi connectivity index (χ4v) is 4.56. The highest BCUT2D eigenvalue weighted by Gasteiger charge is 2.51. The number of likely N-dealkylation sites (N-methyl/N-ethyl adjacent to an activating group) is 1. The van der Waals surface area contributed by atoms with Crippen molar-refractivity contribution in [3.8, 4) is 0 Å². The molecule has 4 heteroatoms. The molecule has 1 aromatic carbocycles. The van der Waals surface area contributed by atoms with Crippen LogP contribution in [0.2, 0.25) is 0 Å². The van der Waals surface area contributed by atoms with E-state index in [1.807, 2.05) is 7.11 Å². The van der Waals surface area contributed by atoms with Crippen LogP contribution in [0.25, 0.3) is 10.9 Å². The van der Waals surface area contributed by atoms with Gasteiger partial charge in [0.05, 0.1) is 0 Å². The van der Waals surface area contributed by atoms with Crippen LogP contribution in [0.1, 0.15) is 17.5 Å². The van der Waals surface area contributed by atoms with Gasteiger partial charge in [0.2, 0.25) is 0 Å². The number of aliphatic hydroxyl groups excluding tert-OH is 1. The second-order valence-electron chi connectivity index (χ2n) is 6.55. The second kappa shape index (κ2) is 4.57. The Morgan fingerprint density at radius 1 is 1.48 bits per heavy atom. The SMILES string of the molecule is CO[C@]12CC(CO)CN(C)[C@@H]1Cc1c[nH]c3cccc2c13. The Morgan fingerprint density at radius 3 is 3.10 bits per heavy atom. The molecule has 4 nitrogen and oxygen atoms in total. The van der Waals surface area contributed by atoms with Gasteiger partial charge in [-0.2, -0.15) is 0 Å². The minimum absolute atomic E-state index is 0.220. The number of fused-ring (bicyclic) bond motifs is 2. The van der Waals surface area contributed by atoms with Gasteiger partial charge in [0.15, 0.2) is 0 Å². The zero-order chi connectivity index (χ0) is 14.6. The van der Waals surface area contributed by atoms with Gasteiger partial charge in [0, 0.05) is 43.4 Å². The van der Waals surface area contributed by atoms with E-state index >= 15 is 0 Å². The van der Waals surface area contributed by atoms with E-state index in [0.29, 0.717) is 6.04 Å². The minimum atomic E-state index is -0.310. The molecule has 1 aromatic heterocycles. The van der Waals surface area contributed by atoms with Gasteiger partial charge in [-0.15, -0.1) is 0 Å². The number of rotatable bonds is 2. The Bertz CT molecular complexity index is 680. The number of aromatic nitrogens is 1. The summed E-state index contributed by atoms with van der Waals surface area (Å²) in [5, 5.41) is 11.0. The van der Waals surface area contributed by atoms with Crippen molar-refractivity contribution in [2.75, 3.05) is 27.3 Å². The Kier molecular flexibility index (Phi) is 2.89. The fraction of sp³-hybridized carbons (Fsp3) is 0.529. The molecule has 0 amide bonds. The van der Waals surface area contributed by atoms with E-state index in [-0.39, 0.29) is 18.1 Å². The van der Waals surface area contributed by atoms with Gasteiger partial charge in [-0.25, -0.2) is 0 Å². The number of hydrogen-bond donors (Lipinski definition) is 2. The van der Waals surface area contributed by atoms with E-state index in [0.717, 1.165) is 19.4 Å². The molecule has 1 saturated heterocycles. The molecule has 2 aliphatic rings. The van der Waals surface area contributed by atoms with E-state index in [1.54, 1.807) is 0 Å². The monoisotopic (exact) mass is 286 g/mol. The van der Waals surface area contributed by atoms with Crippen LogP contribution in [0, 0.1) is 5.92 Å². The zero-order valence-corrected chi connectivity index (χ0v) is 12.6. The topological polar surface area (TPSA) is 48.5 Å². The molecule has 0 spiro atoms. The number of H-pyrrole nitrogens is 1. The molecule has 3 atom stereocenters. The normalized spacial score (nSPS) is 32.3. The largest absolute Gasteiger partial charge is 0.396 e. The summed E-state index contributed by atoms with van der Waals surface area (Å²) in [6.07, 6.45) is 4.03. The molecule has 2 aromatic rings. The number of aromatic amines is 1. The summed E-state index contributed by atoms with van der Waals surface area (Å²) in [5.41, 5.74) is 3.54. The van der Waals surface area contributed by atoms with Crippen LogP contribution >= 0.6 is 0 Å². The fourth-order valence-electron chi connectivity index (χ4n) is 4.56. The van der Waals surface area contributed by atoms with Gasteiger partial charge >= 0.3 is 0 Å². The highest BCUT2D eigenvalue weighted by molar-refractivity contribution is 5.88. The van der Waals surface area contributed by atoms with E-state index in [4.69, 9.17) is 4.74 Å². The summed E-state index contributed by atoms with van der Waals surface area (Å²) in [6.45, 7) is 1.15. The lowest BCUT2D eigenvalue weighted by Crippen LogP contribution is -2.59. The Balaban J connectivity index is 1.96. The van der Waals surface area contributed by atoms with E-state index < -0.39 is 0 Å². The molecule has 1 aliphatic carbocycles. The molecule has 0 radical (unpaired) electrons. The quantitative estimate of drug-likeness (QED) is 0.886. The molecule has 4 rings (SSSR count). The maximum atomic E-state index is 9.67. The van der Waals surface area contributed by atoms with Gasteiger partial charge in [0.25, 0.3) is 0 Å². The molecule has 21 heavy (non-hydrogen) atoms. The molecule has 1 aliphatic heterocycles. The lowest BCUT2D eigenvalue weighted by molar-refractivity contribution is -0.130. The van der Waals surface area contributed by atoms with Crippen LogP contribution in [0.15, 0.2) is 24.4 Å². The van der Waals surface area contributed by atoms with Crippen molar-refractivity contribution in [3.63, 3.8) is 0 Å². The average molecular weight is 286 g/mol. The molecule has 0 bridgehead atoms. The van der Waals surface area contributed by atoms with Crippen LogP contribution < -0.4 is 0 Å². The molecule has 2 heterocycles. The number of piperidine rings is 1. The van der Waals surface area contributed by atoms with Gasteiger partial charge in [-0.3, -0.25) is 4.90 Å². The third-order valence-electron chi connectivity index (χ3n) is 5.49. The third kappa shape index (κ3) is 1.67. The highest BCUT2D eigenvalue weighted by Crippen LogP contribution is 2.49. The number of nitrogens with one attached hydrogen (secondary N) is 1. The molecular formula is C17H22N2O2. The number of ether oxygens (including phenoxy) is 1. The van der Waals surface area contributed by atoms with Gasteiger partial charge < -0.3 is 14.8 Å². The van der Waals surface area contributed by atoms with Crippen molar-refractivity contribution >= 4 is 10.9 Å². The van der Waals surface area contributed by atoms with Crippen molar-refractivity contribution in [1.29, 1.82) is 0 Å². The van der Waals surface area contributed by atoms with E-state index in [9.17, 15) is 5.11 Å². The smallest absolute Gasteiger partial charge is 0.110 e. The van der Waals surface area contributed by atoms with Crippen molar-refractivity contribution in [3.05, 3.63) is 35.5 Å². The van der Waals surface area contributed by atoms with Crippen LogP contribution in [0.4, 0.5) is 0 Å². The summed E-state index contributed by atoms with van der Waals surface area (Å²) >= 11 is 0. The standard InChI is InChI=1S/C17H22N2O2/c1-19-9-11(10-20)7-17(21-2)13-4-3-5-14-16(13)12(8-18-14)6-15(17)19/h3-5,8,11,15,18,20H,6-7,9-10H2,1-2H3/t11?,15-,17+/m1/s1. The number of likely N-dealkylation sites (tertiary alicyclic amines) is 1. The van der Waals surface area contributed by atoms with Crippen LogP contribution in [-0.4, -0.2) is 48.3 Å². The number of hydrogen-bond acceptors (Lipinski definition) is 3. The third-order valence-corrected chi connectivity index (χ3v) is 5.49. The van der Waals surface area contributed by atoms with E-state index in [2.05, 4.69) is 41.3 Å². The Morgan fingerprint density at radius 2 is 2.33 bits per heavy atom. The summed E-state index contributed by atoms with van der Waals surface area (Å²) in [5.74, 6) is 0.266. The maximum Gasteiger partial charge on any atom is 0.110 e. The predicted molar refractivity (Wildman–Crippen MR) is 82.3 cm³/mol. The first-order chi connectivity index (χ1) is 10.2. The Labute approximate surface area is 124 Å². The van der Waals surface area contributed by atoms with Crippen molar-refractivity contribution in [2.24, 2.45) is 5.92 Å². The molecular weight excluding hydrogens is 264 g/mol. The van der Waals surface area contributed by atoms with Gasteiger partial charge in [0.1, 0.15) is 5.60 Å². The lowest BCUT2D eigenvalue weighted by atomic mass is 9.69. The van der Waals surface area contributed by atoms with Gasteiger partial charge in [-0.05, 0) is 43.0 Å². The van der Waals surface area contributed by atoms with E-state index in [1.165, 1.54) is 22.0 Å². The first-order valence-electron chi connectivity index (χ1n) is 7.65. The Hall–Kier alpha value is -1.36. The summed E-state index contributed by atoms with van der Waals surface area (Å²) in [4.78, 5) is 5.75. The molecule has 112 valence electrons. The van der Waals surface area contributed by atoms with Crippen molar-refractivity contribution in [1.82, 2.24) is 9.88 Å². The van der Waals surface area contributed by atoms with Crippen LogP contribution in [-0.2, 0) is 16.8 Å². The number of aliphatic hydroxyl groups is 1. The average Bonchev–Trinajstić information content (AvgIpc) is 2.93. The van der Waals surface area contributed by atoms with Crippen LogP contribution in [0.5, 0.6) is 0 Å². The predicted octanol–water partition coefficient (Wildman–Crippen LogP) is 1.88. The van der Waals surface area contributed by atoms with Crippen molar-refractivity contribution in [2.45, 2.75) is 24.5 Å². The van der Waals surface area contributed by atoms with Gasteiger partial charge in [-0.1, -0.05) is 12.1 Å². The number of benzene rings is 1. The zero-order valence-electron chi connectivity index (χ0n) is 12.6. The molecule has 2 N–H and O–H groups in total. The summed E-state index contributed by atoms with van der Waals surface area (Å²) in [6, 6.07) is 6.76. The first kappa shape index (κ1) is 13.3. The molecule has 1 unspecified atom stereocenters. The first-order valence-corrected chi connectivity index (χ1v) is 7.65. The maximum absolute atomic E-state index is 9.67. The number of nitrogens with zero attached hydrogens (tertiary/aromatic N) is 1.